The molecule has 0 amide bonds. The lowest BCUT2D eigenvalue weighted by Crippen LogP contribution is -3.00. The van der Waals surface area contributed by atoms with Crippen LogP contribution in [0.15, 0.2) is 23.4 Å². The molecule has 0 aliphatic heterocycles. The van der Waals surface area contributed by atoms with Crippen molar-refractivity contribution < 1.29 is 12.4 Å². The summed E-state index contributed by atoms with van der Waals surface area (Å²) in [6.07, 6.45) is 6.36. The Morgan fingerprint density at radius 3 is 2.33 bits per heavy atom. The van der Waals surface area contributed by atoms with Crippen LogP contribution in [0.5, 0.6) is 0 Å². The molecule has 0 aliphatic rings. The highest BCUT2D eigenvalue weighted by molar-refractivity contribution is 7.95. The first-order chi connectivity index (χ1) is 3.80. The summed E-state index contributed by atoms with van der Waals surface area (Å²) in [5, 5.41) is 1.34. The highest BCUT2D eigenvalue weighted by Gasteiger charge is 2.05. The highest BCUT2D eigenvalue weighted by atomic mass is 35.5. The predicted molar refractivity (Wildman–Crippen MR) is 38.3 cm³/mol. The van der Waals surface area contributed by atoms with Gasteiger partial charge in [-0.05, 0) is 6.07 Å². The van der Waals surface area contributed by atoms with Crippen LogP contribution < -0.4 is 12.4 Å². The van der Waals surface area contributed by atoms with E-state index in [9.17, 15) is 0 Å². The first-order valence-corrected chi connectivity index (χ1v) is 4.56. The summed E-state index contributed by atoms with van der Waals surface area (Å²) in [6, 6.07) is 4.14. The molecular formula is C6H10ClNS. The van der Waals surface area contributed by atoms with Crippen LogP contribution in [0, 0.1) is 0 Å². The fourth-order valence-electron chi connectivity index (χ4n) is 0.568. The van der Waals surface area contributed by atoms with Crippen LogP contribution in [-0.2, 0) is 10.9 Å². The van der Waals surface area contributed by atoms with Crippen molar-refractivity contribution in [2.24, 2.45) is 0 Å². The molecule has 0 bridgehead atoms. The summed E-state index contributed by atoms with van der Waals surface area (Å²) >= 11 is 0. The quantitative estimate of drug-likeness (QED) is 0.473. The molecule has 9 heavy (non-hydrogen) atoms. The van der Waals surface area contributed by atoms with Crippen molar-refractivity contribution >= 4 is 10.9 Å². The third-order valence-electron chi connectivity index (χ3n) is 1.01. The number of hydrogen-bond donors (Lipinski definition) is 1. The van der Waals surface area contributed by atoms with Gasteiger partial charge in [0.15, 0.2) is 0 Å². The monoisotopic (exact) mass is 163 g/mol. The zero-order valence-corrected chi connectivity index (χ0v) is 7.09. The number of nitrogens with one attached hydrogen (secondary N) is 1. The number of H-pyrrole nitrogens is 1. The van der Waals surface area contributed by atoms with E-state index >= 15 is 0 Å². The highest BCUT2D eigenvalue weighted by Crippen LogP contribution is 2.02. The first-order valence-electron chi connectivity index (χ1n) is 2.51. The topological polar surface area (TPSA) is 15.8 Å². The number of rotatable bonds is 1. The fraction of sp³-hybridized carbons (Fsp3) is 0.333. The van der Waals surface area contributed by atoms with Crippen LogP contribution in [0.4, 0.5) is 0 Å². The Morgan fingerprint density at radius 2 is 2.11 bits per heavy atom. The van der Waals surface area contributed by atoms with E-state index in [0.29, 0.717) is 10.9 Å². The summed E-state index contributed by atoms with van der Waals surface area (Å²) < 4.78 is 0. The van der Waals surface area contributed by atoms with Gasteiger partial charge in [-0.1, -0.05) is 0 Å². The second kappa shape index (κ2) is 3.85. The molecule has 52 valence electrons. The molecule has 0 fully saturated rings. The molecule has 1 N–H and O–H groups in total. The molecular weight excluding hydrogens is 154 g/mol. The number of aromatic nitrogens is 1. The molecule has 0 atom stereocenters. The van der Waals surface area contributed by atoms with Gasteiger partial charge in [-0.3, -0.25) is 0 Å². The Morgan fingerprint density at radius 1 is 1.44 bits per heavy atom. The van der Waals surface area contributed by atoms with Gasteiger partial charge in [0.05, 0.1) is 0 Å². The minimum atomic E-state index is 0. The number of halogens is 1. The molecule has 0 saturated carbocycles. The molecule has 1 aromatic rings. The molecule has 0 spiro atoms. The van der Waals surface area contributed by atoms with Gasteiger partial charge < -0.3 is 17.4 Å². The fourth-order valence-corrected chi connectivity index (χ4v) is 1.22. The Labute approximate surface area is 64.6 Å². The lowest BCUT2D eigenvalue weighted by atomic mass is 10.7. The van der Waals surface area contributed by atoms with E-state index in [0.717, 1.165) is 0 Å². The zero-order valence-electron chi connectivity index (χ0n) is 5.52. The molecule has 0 aromatic carbocycles. The number of aromatic amines is 1. The second-order valence-electron chi connectivity index (χ2n) is 1.85. The van der Waals surface area contributed by atoms with E-state index in [2.05, 4.69) is 23.6 Å². The van der Waals surface area contributed by atoms with Crippen molar-refractivity contribution in [1.29, 1.82) is 0 Å². The SMILES string of the molecule is C[S+](C)c1ccc[nH]1.[Cl-]. The standard InChI is InChI=1S/C6H10NS.ClH/c1-8(2)6-4-3-5-7-6;/h3-5,7H,1-2H3;1H/q+1;/p-1. The van der Waals surface area contributed by atoms with Crippen molar-refractivity contribution in [3.63, 3.8) is 0 Å². The molecule has 1 aromatic heterocycles. The summed E-state index contributed by atoms with van der Waals surface area (Å²) in [5.74, 6) is 0. The average molecular weight is 164 g/mol. The zero-order chi connectivity index (χ0) is 5.98. The van der Waals surface area contributed by atoms with Gasteiger partial charge in [0.2, 0.25) is 5.03 Å². The van der Waals surface area contributed by atoms with Gasteiger partial charge in [-0.2, -0.15) is 0 Å². The largest absolute Gasteiger partial charge is 1.00 e. The van der Waals surface area contributed by atoms with Gasteiger partial charge in [0.1, 0.15) is 12.5 Å². The smallest absolute Gasteiger partial charge is 0.224 e. The van der Waals surface area contributed by atoms with Crippen molar-refractivity contribution in [2.75, 3.05) is 12.5 Å². The normalized spacial score (nSPS) is 9.22. The molecule has 1 nitrogen and oxygen atoms in total. The van der Waals surface area contributed by atoms with Crippen LogP contribution in [0.25, 0.3) is 0 Å². The minimum Gasteiger partial charge on any atom is -1.00 e. The Hall–Kier alpha value is -0.0800. The van der Waals surface area contributed by atoms with Crippen LogP contribution in [0.2, 0.25) is 0 Å². The van der Waals surface area contributed by atoms with Crippen LogP contribution in [-0.4, -0.2) is 17.5 Å². The third kappa shape index (κ3) is 2.33. The van der Waals surface area contributed by atoms with E-state index in [1.165, 1.54) is 5.03 Å². The number of hydrogen-bond acceptors (Lipinski definition) is 0. The van der Waals surface area contributed by atoms with Crippen molar-refractivity contribution in [1.82, 2.24) is 4.98 Å². The van der Waals surface area contributed by atoms with E-state index in [-0.39, 0.29) is 12.4 Å². The van der Waals surface area contributed by atoms with Crippen molar-refractivity contribution in [3.05, 3.63) is 18.3 Å². The molecule has 3 heteroatoms. The summed E-state index contributed by atoms with van der Waals surface area (Å²) in [4.78, 5) is 3.15. The maximum Gasteiger partial charge on any atom is 0.224 e. The van der Waals surface area contributed by atoms with Crippen LogP contribution in [0.1, 0.15) is 0 Å². The van der Waals surface area contributed by atoms with Gasteiger partial charge in [-0.15, -0.1) is 0 Å². The van der Waals surface area contributed by atoms with Crippen molar-refractivity contribution in [2.45, 2.75) is 5.03 Å². The molecule has 0 unspecified atom stereocenters. The molecule has 1 heterocycles. The van der Waals surface area contributed by atoms with Crippen LogP contribution in [0.3, 0.4) is 0 Å². The van der Waals surface area contributed by atoms with Crippen LogP contribution >= 0.6 is 0 Å². The van der Waals surface area contributed by atoms with E-state index < -0.39 is 0 Å². The molecule has 0 aliphatic carbocycles. The third-order valence-corrected chi connectivity index (χ3v) is 2.14. The summed E-state index contributed by atoms with van der Waals surface area (Å²) in [5.41, 5.74) is 0. The lowest BCUT2D eigenvalue weighted by molar-refractivity contribution is -0.00000183. The van der Waals surface area contributed by atoms with Gasteiger partial charge in [0, 0.05) is 23.2 Å². The van der Waals surface area contributed by atoms with E-state index in [1.54, 1.807) is 0 Å². The van der Waals surface area contributed by atoms with Crippen molar-refractivity contribution in [3.8, 4) is 0 Å². The van der Waals surface area contributed by atoms with Gasteiger partial charge in [-0.25, -0.2) is 0 Å². The lowest BCUT2D eigenvalue weighted by Gasteiger charge is -1.86. The maximum absolute atomic E-state index is 3.15. The summed E-state index contributed by atoms with van der Waals surface area (Å²) in [6.45, 7) is 0. The van der Waals surface area contributed by atoms with Gasteiger partial charge >= 0.3 is 0 Å². The average Bonchev–Trinajstić information content (AvgIpc) is 2.12. The van der Waals surface area contributed by atoms with Gasteiger partial charge in [0.25, 0.3) is 0 Å². The Balaban J connectivity index is 0.000000640. The maximum atomic E-state index is 3.15. The first kappa shape index (κ1) is 8.92. The second-order valence-corrected chi connectivity index (χ2v) is 3.92. The Bertz CT molecular complexity index is 148. The molecule has 1 rings (SSSR count). The summed E-state index contributed by atoms with van der Waals surface area (Å²) in [7, 11) is 0.397. The minimum absolute atomic E-state index is 0. The Kier molecular flexibility index (Phi) is 3.82. The molecule has 0 saturated heterocycles. The molecule has 0 radical (unpaired) electrons. The predicted octanol–water partition coefficient (Wildman–Crippen LogP) is -1.74. The van der Waals surface area contributed by atoms with E-state index in [1.807, 2.05) is 12.3 Å². The van der Waals surface area contributed by atoms with E-state index in [4.69, 9.17) is 0 Å².